The molecule has 0 aliphatic heterocycles. The summed E-state index contributed by atoms with van der Waals surface area (Å²) < 4.78 is 13.4. The van der Waals surface area contributed by atoms with Crippen molar-refractivity contribution in [1.82, 2.24) is 0 Å². The number of nitrogens with one attached hydrogen (secondary N) is 2. The minimum Gasteiger partial charge on any atom is -0.325 e. The molecule has 110 valence electrons. The number of rotatable bonds is 5. The van der Waals surface area contributed by atoms with Crippen LogP contribution in [-0.4, -0.2) is 17.9 Å². The third-order valence-corrected chi connectivity index (χ3v) is 2.61. The van der Waals surface area contributed by atoms with Gasteiger partial charge in [0.15, 0.2) is 0 Å². The first-order valence-electron chi connectivity index (χ1n) is 6.43. The second-order valence-electron chi connectivity index (χ2n) is 5.10. The number of anilines is 2. The average Bonchev–Trinajstić information content (AvgIpc) is 2.31. The van der Waals surface area contributed by atoms with E-state index in [0.717, 1.165) is 0 Å². The van der Waals surface area contributed by atoms with Crippen LogP contribution in [0.4, 0.5) is 15.8 Å². The Labute approximate surface area is 117 Å². The average molecular weight is 281 g/mol. The molecule has 0 heterocycles. The lowest BCUT2D eigenvalue weighted by atomic mass is 10.0. The second-order valence-corrected chi connectivity index (χ2v) is 5.10. The van der Waals surface area contributed by atoms with Crippen LogP contribution in [0.2, 0.25) is 0 Å². The summed E-state index contributed by atoms with van der Waals surface area (Å²) in [5.74, 6) is -0.980. The fourth-order valence-corrected chi connectivity index (χ4v) is 1.74. The highest BCUT2D eigenvalue weighted by molar-refractivity contribution is 5.96. The van der Waals surface area contributed by atoms with E-state index in [0.29, 0.717) is 18.0 Å². The molecule has 0 unspecified atom stereocenters. The zero-order valence-corrected chi connectivity index (χ0v) is 11.9. The first-order valence-corrected chi connectivity index (χ1v) is 6.43. The Morgan fingerprint density at radius 1 is 1.30 bits per heavy atom. The molecule has 0 aliphatic carbocycles. The van der Waals surface area contributed by atoms with Crippen LogP contribution in [0.25, 0.3) is 0 Å². The van der Waals surface area contributed by atoms with Gasteiger partial charge in [0.1, 0.15) is 5.82 Å². The van der Waals surface area contributed by atoms with E-state index >= 15 is 0 Å². The highest BCUT2D eigenvalue weighted by atomic mass is 19.1. The first kappa shape index (κ1) is 16.1. The normalized spacial score (nSPS) is 12.1. The van der Waals surface area contributed by atoms with E-state index in [-0.39, 0.29) is 17.5 Å². The van der Waals surface area contributed by atoms with E-state index in [4.69, 9.17) is 5.73 Å². The summed E-state index contributed by atoms with van der Waals surface area (Å²) in [5.41, 5.74) is 6.17. The van der Waals surface area contributed by atoms with Crippen LogP contribution >= 0.6 is 0 Å². The van der Waals surface area contributed by atoms with Crippen LogP contribution in [-0.2, 0) is 9.59 Å². The molecule has 0 bridgehead atoms. The first-order chi connectivity index (χ1) is 9.29. The topological polar surface area (TPSA) is 84.2 Å². The number of carbonyl (C=O) groups is 2. The molecule has 20 heavy (non-hydrogen) atoms. The van der Waals surface area contributed by atoms with Crippen LogP contribution in [0.1, 0.15) is 27.2 Å². The van der Waals surface area contributed by atoms with E-state index in [1.54, 1.807) is 0 Å². The van der Waals surface area contributed by atoms with Gasteiger partial charge in [0, 0.05) is 12.6 Å². The molecular weight excluding hydrogens is 261 g/mol. The summed E-state index contributed by atoms with van der Waals surface area (Å²) in [6.07, 6.45) is 0.561. The molecule has 1 aromatic carbocycles. The van der Waals surface area contributed by atoms with Gasteiger partial charge < -0.3 is 16.4 Å². The Kier molecular flexibility index (Phi) is 5.64. The van der Waals surface area contributed by atoms with Crippen molar-refractivity contribution in [3.63, 3.8) is 0 Å². The van der Waals surface area contributed by atoms with Crippen molar-refractivity contribution in [2.24, 2.45) is 11.7 Å². The van der Waals surface area contributed by atoms with Crippen LogP contribution in [0.3, 0.4) is 0 Å². The predicted molar refractivity (Wildman–Crippen MR) is 76.8 cm³/mol. The van der Waals surface area contributed by atoms with Crippen molar-refractivity contribution in [3.05, 3.63) is 24.0 Å². The molecule has 5 nitrogen and oxygen atoms in total. The molecule has 0 aromatic heterocycles. The number of amides is 2. The van der Waals surface area contributed by atoms with E-state index < -0.39 is 11.9 Å². The van der Waals surface area contributed by atoms with Gasteiger partial charge in [0.05, 0.1) is 11.7 Å². The summed E-state index contributed by atoms with van der Waals surface area (Å²) in [7, 11) is 0. The summed E-state index contributed by atoms with van der Waals surface area (Å²) >= 11 is 0. The van der Waals surface area contributed by atoms with Crippen molar-refractivity contribution in [1.29, 1.82) is 0 Å². The Bertz CT molecular complexity index is 503. The van der Waals surface area contributed by atoms with E-state index in [2.05, 4.69) is 10.6 Å². The van der Waals surface area contributed by atoms with Crippen molar-refractivity contribution < 1.29 is 14.0 Å². The van der Waals surface area contributed by atoms with Crippen LogP contribution in [0, 0.1) is 11.7 Å². The maximum atomic E-state index is 13.4. The highest BCUT2D eigenvalue weighted by Crippen LogP contribution is 2.20. The molecular formula is C14H20FN3O2. The summed E-state index contributed by atoms with van der Waals surface area (Å²) in [4.78, 5) is 22.8. The SMILES string of the molecule is CC(=O)Nc1cc(NC(=O)[C@H](N)CC(C)C)ccc1F. The van der Waals surface area contributed by atoms with E-state index in [1.165, 1.54) is 25.1 Å². The molecule has 0 spiro atoms. The lowest BCUT2D eigenvalue weighted by molar-refractivity contribution is -0.117. The Hall–Kier alpha value is -1.95. The van der Waals surface area contributed by atoms with Crippen LogP contribution < -0.4 is 16.4 Å². The van der Waals surface area contributed by atoms with Gasteiger partial charge in [0.2, 0.25) is 11.8 Å². The quantitative estimate of drug-likeness (QED) is 0.772. The van der Waals surface area contributed by atoms with Gasteiger partial charge >= 0.3 is 0 Å². The zero-order chi connectivity index (χ0) is 15.3. The summed E-state index contributed by atoms with van der Waals surface area (Å²) in [6.45, 7) is 5.23. The minimum atomic E-state index is -0.621. The van der Waals surface area contributed by atoms with Gasteiger partial charge in [-0.2, -0.15) is 0 Å². The number of hydrogen-bond acceptors (Lipinski definition) is 3. The van der Waals surface area contributed by atoms with Crippen LogP contribution in [0.15, 0.2) is 18.2 Å². The van der Waals surface area contributed by atoms with E-state index in [1.807, 2.05) is 13.8 Å². The smallest absolute Gasteiger partial charge is 0.241 e. The van der Waals surface area contributed by atoms with Gasteiger partial charge in [-0.3, -0.25) is 9.59 Å². The van der Waals surface area contributed by atoms with Crippen LogP contribution in [0.5, 0.6) is 0 Å². The Morgan fingerprint density at radius 3 is 2.50 bits per heavy atom. The Morgan fingerprint density at radius 2 is 1.95 bits per heavy atom. The van der Waals surface area contributed by atoms with Gasteiger partial charge in [-0.1, -0.05) is 13.8 Å². The van der Waals surface area contributed by atoms with Gasteiger partial charge in [-0.15, -0.1) is 0 Å². The molecule has 1 rings (SSSR count). The van der Waals surface area contributed by atoms with Crippen molar-refractivity contribution >= 4 is 23.2 Å². The third-order valence-electron chi connectivity index (χ3n) is 2.61. The molecule has 1 atom stereocenters. The lowest BCUT2D eigenvalue weighted by Crippen LogP contribution is -2.36. The molecule has 0 fully saturated rings. The summed E-state index contributed by atoms with van der Waals surface area (Å²) in [5, 5.41) is 4.96. The Balaban J connectivity index is 2.77. The number of hydrogen-bond donors (Lipinski definition) is 3. The number of halogens is 1. The molecule has 2 amide bonds. The third kappa shape index (κ3) is 4.97. The van der Waals surface area contributed by atoms with Crippen molar-refractivity contribution in [2.45, 2.75) is 33.2 Å². The molecule has 0 saturated carbocycles. The van der Waals surface area contributed by atoms with Gasteiger partial charge in [0.25, 0.3) is 0 Å². The summed E-state index contributed by atoms with van der Waals surface area (Å²) in [6, 6.07) is 3.33. The fourth-order valence-electron chi connectivity index (χ4n) is 1.74. The monoisotopic (exact) mass is 281 g/mol. The predicted octanol–water partition coefficient (Wildman–Crippen LogP) is 2.10. The second kappa shape index (κ2) is 7.00. The maximum absolute atomic E-state index is 13.4. The minimum absolute atomic E-state index is 0.0210. The maximum Gasteiger partial charge on any atom is 0.241 e. The number of carbonyl (C=O) groups excluding carboxylic acids is 2. The molecule has 1 aromatic rings. The van der Waals surface area contributed by atoms with E-state index in [9.17, 15) is 14.0 Å². The van der Waals surface area contributed by atoms with Crippen molar-refractivity contribution in [3.8, 4) is 0 Å². The van der Waals surface area contributed by atoms with Gasteiger partial charge in [-0.25, -0.2) is 4.39 Å². The zero-order valence-electron chi connectivity index (χ0n) is 11.9. The fraction of sp³-hybridized carbons (Fsp3) is 0.429. The van der Waals surface area contributed by atoms with Crippen molar-refractivity contribution in [2.75, 3.05) is 10.6 Å². The highest BCUT2D eigenvalue weighted by Gasteiger charge is 2.15. The largest absolute Gasteiger partial charge is 0.325 e. The lowest BCUT2D eigenvalue weighted by Gasteiger charge is -2.15. The molecule has 4 N–H and O–H groups in total. The number of nitrogens with two attached hydrogens (primary N) is 1. The molecule has 0 aliphatic rings. The van der Waals surface area contributed by atoms with Gasteiger partial charge in [-0.05, 0) is 30.5 Å². The molecule has 0 radical (unpaired) electrons. The number of benzene rings is 1. The molecule has 0 saturated heterocycles. The standard InChI is InChI=1S/C14H20FN3O2/c1-8(2)6-12(16)14(20)18-10-4-5-11(15)13(7-10)17-9(3)19/h4-5,7-8,12H,6,16H2,1-3H3,(H,17,19)(H,18,20)/t12-/m1/s1. The molecule has 6 heteroatoms.